The summed E-state index contributed by atoms with van der Waals surface area (Å²) in [5.74, 6) is 0. The summed E-state index contributed by atoms with van der Waals surface area (Å²) in [4.78, 5) is 0. The molecule has 0 bridgehead atoms. The van der Waals surface area contributed by atoms with Gasteiger partial charge in [0.05, 0.1) is 0 Å². The van der Waals surface area contributed by atoms with Crippen molar-refractivity contribution in [2.75, 3.05) is 5.73 Å². The van der Waals surface area contributed by atoms with Crippen LogP contribution < -0.4 is 24.6 Å². The number of rotatable bonds is 0. The van der Waals surface area contributed by atoms with Crippen LogP contribution >= 0.6 is 0 Å². The summed E-state index contributed by atoms with van der Waals surface area (Å²) in [5.41, 5.74) is 6.18. The van der Waals surface area contributed by atoms with E-state index >= 15 is 0 Å². The zero-order chi connectivity index (χ0) is 5.11. The van der Waals surface area contributed by atoms with E-state index in [9.17, 15) is 0 Å². The monoisotopic (exact) mass is 100 g/mol. The van der Waals surface area contributed by atoms with Gasteiger partial charge in [0.15, 0.2) is 0 Å². The van der Waals surface area contributed by atoms with Crippen LogP contribution in [0.2, 0.25) is 0 Å². The number of hydrogen-bond donors (Lipinski definition) is 1. The fourth-order valence-corrected chi connectivity index (χ4v) is 0.453. The van der Waals surface area contributed by atoms with Crippen molar-refractivity contribution in [2.45, 2.75) is 0 Å². The summed E-state index contributed by atoms with van der Waals surface area (Å²) in [6.45, 7) is 0. The Bertz CT molecular complexity index is 138. The molecule has 0 fully saturated rings. The fraction of sp³-hybridized carbons (Fsp3) is 0. The molecule has 2 heteroatoms. The average Bonchev–Trinajstić information content (AvgIpc) is 1.69. The van der Waals surface area contributed by atoms with E-state index in [4.69, 9.17) is 5.73 Å². The molecular formula is C6H7LiN+. The van der Waals surface area contributed by atoms with Crippen molar-refractivity contribution in [1.29, 1.82) is 0 Å². The smallest absolute Gasteiger partial charge is 0.399 e. The predicted molar refractivity (Wildman–Crippen MR) is 30.9 cm³/mol. The average molecular weight is 100 g/mol. The largest absolute Gasteiger partial charge is 1.00 e. The molecule has 36 valence electrons. The Labute approximate surface area is 61.1 Å². The standard InChI is InChI=1S/C6H7N.Li/c7-6-4-2-1-3-5-6;/h1-5H,7H2;/q;+1. The topological polar surface area (TPSA) is 26.0 Å². The summed E-state index contributed by atoms with van der Waals surface area (Å²) in [6.07, 6.45) is 0. The number of anilines is 1. The van der Waals surface area contributed by atoms with Gasteiger partial charge >= 0.3 is 18.9 Å². The van der Waals surface area contributed by atoms with Gasteiger partial charge in [-0.05, 0) is 12.1 Å². The molecule has 0 heterocycles. The normalized spacial score (nSPS) is 7.50. The molecule has 1 aromatic rings. The minimum Gasteiger partial charge on any atom is -0.399 e. The van der Waals surface area contributed by atoms with Crippen molar-refractivity contribution in [3.8, 4) is 0 Å². The van der Waals surface area contributed by atoms with Crippen molar-refractivity contribution in [1.82, 2.24) is 0 Å². The number of hydrogen-bond acceptors (Lipinski definition) is 1. The third-order valence-electron chi connectivity index (χ3n) is 0.800. The first kappa shape index (κ1) is 7.62. The van der Waals surface area contributed by atoms with Crippen LogP contribution in [0.4, 0.5) is 5.69 Å². The van der Waals surface area contributed by atoms with Gasteiger partial charge in [0.1, 0.15) is 0 Å². The third kappa shape index (κ3) is 2.06. The molecule has 0 aliphatic carbocycles. The van der Waals surface area contributed by atoms with Crippen molar-refractivity contribution >= 4 is 5.69 Å². The van der Waals surface area contributed by atoms with Gasteiger partial charge in [-0.1, -0.05) is 18.2 Å². The molecule has 1 rings (SSSR count). The number of nitrogens with two attached hydrogens (primary N) is 1. The molecule has 0 saturated carbocycles. The number of benzene rings is 1. The van der Waals surface area contributed by atoms with E-state index in [1.807, 2.05) is 30.3 Å². The summed E-state index contributed by atoms with van der Waals surface area (Å²) in [6, 6.07) is 9.49. The van der Waals surface area contributed by atoms with Crippen LogP contribution in [0.5, 0.6) is 0 Å². The Kier molecular flexibility index (Phi) is 3.43. The van der Waals surface area contributed by atoms with Crippen molar-refractivity contribution < 1.29 is 18.9 Å². The molecule has 0 saturated heterocycles. The Balaban J connectivity index is 0.000000490. The first-order valence-corrected chi connectivity index (χ1v) is 2.20. The van der Waals surface area contributed by atoms with E-state index in [-0.39, 0.29) is 18.9 Å². The van der Waals surface area contributed by atoms with Crippen LogP contribution in [-0.4, -0.2) is 0 Å². The Morgan fingerprint density at radius 3 is 1.75 bits per heavy atom. The van der Waals surface area contributed by atoms with Crippen molar-refractivity contribution in [3.63, 3.8) is 0 Å². The van der Waals surface area contributed by atoms with E-state index in [1.165, 1.54) is 0 Å². The van der Waals surface area contributed by atoms with Crippen LogP contribution in [0.1, 0.15) is 0 Å². The van der Waals surface area contributed by atoms with Crippen LogP contribution in [0.3, 0.4) is 0 Å². The van der Waals surface area contributed by atoms with E-state index in [1.54, 1.807) is 0 Å². The minimum absolute atomic E-state index is 0. The van der Waals surface area contributed by atoms with Gasteiger partial charge in [-0.15, -0.1) is 0 Å². The van der Waals surface area contributed by atoms with Crippen LogP contribution in [0.15, 0.2) is 30.3 Å². The summed E-state index contributed by atoms with van der Waals surface area (Å²) >= 11 is 0. The second-order valence-electron chi connectivity index (χ2n) is 1.41. The predicted octanol–water partition coefficient (Wildman–Crippen LogP) is -1.73. The third-order valence-corrected chi connectivity index (χ3v) is 0.800. The molecule has 0 aliphatic rings. The SMILES string of the molecule is Nc1ccccc1.[Li+]. The molecule has 0 spiro atoms. The first-order chi connectivity index (χ1) is 3.39. The minimum atomic E-state index is 0. The molecule has 0 unspecified atom stereocenters. The van der Waals surface area contributed by atoms with Crippen LogP contribution in [0, 0.1) is 0 Å². The van der Waals surface area contributed by atoms with Crippen molar-refractivity contribution in [3.05, 3.63) is 30.3 Å². The molecular weight excluding hydrogens is 93.0 g/mol. The van der Waals surface area contributed by atoms with Gasteiger partial charge in [0.2, 0.25) is 0 Å². The van der Waals surface area contributed by atoms with E-state index in [2.05, 4.69) is 0 Å². The maximum Gasteiger partial charge on any atom is 1.00 e. The van der Waals surface area contributed by atoms with E-state index < -0.39 is 0 Å². The molecule has 1 aromatic carbocycles. The maximum absolute atomic E-state index is 5.36. The second-order valence-corrected chi connectivity index (χ2v) is 1.41. The zero-order valence-electron chi connectivity index (χ0n) is 4.96. The van der Waals surface area contributed by atoms with Gasteiger partial charge in [0.25, 0.3) is 0 Å². The molecule has 1 nitrogen and oxygen atoms in total. The molecule has 0 atom stereocenters. The first-order valence-electron chi connectivity index (χ1n) is 2.20. The van der Waals surface area contributed by atoms with Crippen LogP contribution in [0.25, 0.3) is 0 Å². The fourth-order valence-electron chi connectivity index (χ4n) is 0.453. The van der Waals surface area contributed by atoms with Crippen molar-refractivity contribution in [2.24, 2.45) is 0 Å². The summed E-state index contributed by atoms with van der Waals surface area (Å²) in [5, 5.41) is 0. The van der Waals surface area contributed by atoms with Gasteiger partial charge in [-0.2, -0.15) is 0 Å². The summed E-state index contributed by atoms with van der Waals surface area (Å²) < 4.78 is 0. The molecule has 0 aliphatic heterocycles. The summed E-state index contributed by atoms with van der Waals surface area (Å²) in [7, 11) is 0. The van der Waals surface area contributed by atoms with Crippen LogP contribution in [-0.2, 0) is 0 Å². The Hall–Kier alpha value is -0.383. The van der Waals surface area contributed by atoms with E-state index in [0.717, 1.165) is 5.69 Å². The van der Waals surface area contributed by atoms with Gasteiger partial charge < -0.3 is 5.73 Å². The Morgan fingerprint density at radius 1 is 1.00 bits per heavy atom. The maximum atomic E-state index is 5.36. The molecule has 0 amide bonds. The number of para-hydroxylation sites is 1. The molecule has 2 N–H and O–H groups in total. The van der Waals surface area contributed by atoms with Gasteiger partial charge in [-0.3, -0.25) is 0 Å². The van der Waals surface area contributed by atoms with Gasteiger partial charge in [-0.25, -0.2) is 0 Å². The number of nitrogen functional groups attached to an aromatic ring is 1. The zero-order valence-corrected chi connectivity index (χ0v) is 4.96. The second kappa shape index (κ2) is 3.60. The van der Waals surface area contributed by atoms with E-state index in [0.29, 0.717) is 0 Å². The molecule has 0 radical (unpaired) electrons. The molecule has 0 aromatic heterocycles. The quantitative estimate of drug-likeness (QED) is 0.304. The Morgan fingerprint density at radius 2 is 1.50 bits per heavy atom. The molecule has 8 heavy (non-hydrogen) atoms. The van der Waals surface area contributed by atoms with Gasteiger partial charge in [0, 0.05) is 5.69 Å².